The average molecular weight is 461 g/mol. The summed E-state index contributed by atoms with van der Waals surface area (Å²) in [6.07, 6.45) is 4.94. The van der Waals surface area contributed by atoms with Crippen molar-refractivity contribution in [1.29, 1.82) is 0 Å². The second-order valence-electron chi connectivity index (χ2n) is 7.93. The maximum absolute atomic E-state index is 13.6. The predicted molar refractivity (Wildman–Crippen MR) is 127 cm³/mol. The normalized spacial score (nSPS) is 10.9. The molecule has 3 heterocycles. The number of hydrogen-bond acceptors (Lipinski definition) is 5. The van der Waals surface area contributed by atoms with Crippen molar-refractivity contribution < 1.29 is 18.7 Å². The van der Waals surface area contributed by atoms with E-state index < -0.39 is 0 Å². The second-order valence-corrected chi connectivity index (χ2v) is 7.93. The fourth-order valence-electron chi connectivity index (χ4n) is 3.93. The molecule has 0 fully saturated rings. The van der Waals surface area contributed by atoms with Crippen molar-refractivity contribution in [3.8, 4) is 5.75 Å². The first kappa shape index (κ1) is 22.9. The SMILES string of the molecule is COc1cn2nccc2cc1N(C(C)=O)c1cc(NC(=O)Cc2c(C)cc(F)cc2C)ccn1. The highest BCUT2D eigenvalue weighted by Gasteiger charge is 2.21. The van der Waals surface area contributed by atoms with Gasteiger partial charge in [0.1, 0.15) is 11.6 Å². The number of anilines is 3. The molecule has 3 aromatic heterocycles. The molecule has 0 aliphatic rings. The van der Waals surface area contributed by atoms with Gasteiger partial charge in [0.2, 0.25) is 11.8 Å². The summed E-state index contributed by atoms with van der Waals surface area (Å²) in [5.41, 5.74) is 3.95. The van der Waals surface area contributed by atoms with Gasteiger partial charge in [-0.15, -0.1) is 0 Å². The van der Waals surface area contributed by atoms with Crippen molar-refractivity contribution in [3.63, 3.8) is 0 Å². The van der Waals surface area contributed by atoms with Gasteiger partial charge in [-0.05, 0) is 60.9 Å². The van der Waals surface area contributed by atoms with E-state index >= 15 is 0 Å². The Bertz CT molecular complexity index is 1380. The van der Waals surface area contributed by atoms with Crippen LogP contribution in [0.15, 0.2) is 55.0 Å². The summed E-state index contributed by atoms with van der Waals surface area (Å²) in [5, 5.41) is 7.04. The van der Waals surface area contributed by atoms with Crippen molar-refractivity contribution in [1.82, 2.24) is 14.6 Å². The number of nitrogens with zero attached hydrogens (tertiary/aromatic N) is 4. The molecular formula is C25H24FN5O3. The van der Waals surface area contributed by atoms with Crippen molar-refractivity contribution >= 4 is 34.5 Å². The minimum Gasteiger partial charge on any atom is -0.493 e. The van der Waals surface area contributed by atoms with Crippen LogP contribution < -0.4 is 15.0 Å². The highest BCUT2D eigenvalue weighted by molar-refractivity contribution is 6.01. The number of fused-ring (bicyclic) bond motifs is 1. The highest BCUT2D eigenvalue weighted by atomic mass is 19.1. The third kappa shape index (κ3) is 4.59. The molecule has 0 aliphatic heterocycles. The van der Waals surface area contributed by atoms with E-state index in [9.17, 15) is 14.0 Å². The Morgan fingerprint density at radius 2 is 1.85 bits per heavy atom. The molecule has 1 aromatic carbocycles. The molecule has 0 saturated carbocycles. The van der Waals surface area contributed by atoms with E-state index in [2.05, 4.69) is 15.4 Å². The van der Waals surface area contributed by atoms with Gasteiger partial charge in [-0.1, -0.05) is 0 Å². The lowest BCUT2D eigenvalue weighted by atomic mass is 9.99. The Hall–Kier alpha value is -4.27. The highest BCUT2D eigenvalue weighted by Crippen LogP contribution is 2.35. The van der Waals surface area contributed by atoms with Crippen LogP contribution in [0.2, 0.25) is 0 Å². The predicted octanol–water partition coefficient (Wildman–Crippen LogP) is 4.36. The molecule has 0 unspecified atom stereocenters. The van der Waals surface area contributed by atoms with Crippen molar-refractivity contribution in [3.05, 3.63) is 77.5 Å². The van der Waals surface area contributed by atoms with Gasteiger partial charge in [-0.3, -0.25) is 14.5 Å². The lowest BCUT2D eigenvalue weighted by Crippen LogP contribution is -2.25. The van der Waals surface area contributed by atoms with E-state index in [1.807, 2.05) is 6.07 Å². The van der Waals surface area contributed by atoms with Crippen molar-refractivity contribution in [2.24, 2.45) is 0 Å². The Morgan fingerprint density at radius 1 is 1.12 bits per heavy atom. The number of pyridine rings is 2. The average Bonchev–Trinajstić information content (AvgIpc) is 3.23. The quantitative estimate of drug-likeness (QED) is 0.461. The van der Waals surface area contributed by atoms with Gasteiger partial charge in [0, 0.05) is 31.1 Å². The molecule has 0 radical (unpaired) electrons. The third-order valence-corrected chi connectivity index (χ3v) is 5.51. The molecule has 4 aromatic rings. The molecule has 9 heteroatoms. The van der Waals surface area contributed by atoms with Crippen LogP contribution in [-0.2, 0) is 16.0 Å². The molecule has 0 saturated heterocycles. The number of nitrogens with one attached hydrogen (secondary N) is 1. The molecule has 0 bridgehead atoms. The number of ether oxygens (including phenoxy) is 1. The molecule has 1 N–H and O–H groups in total. The number of halogens is 1. The summed E-state index contributed by atoms with van der Waals surface area (Å²) < 4.78 is 20.7. The minimum atomic E-state index is -0.327. The Kier molecular flexibility index (Phi) is 6.27. The minimum absolute atomic E-state index is 0.0950. The maximum atomic E-state index is 13.6. The molecule has 2 amide bonds. The number of rotatable bonds is 6. The molecule has 4 rings (SSSR count). The number of amides is 2. The maximum Gasteiger partial charge on any atom is 0.229 e. The van der Waals surface area contributed by atoms with Crippen LogP contribution in [0, 0.1) is 19.7 Å². The van der Waals surface area contributed by atoms with E-state index in [-0.39, 0.29) is 24.1 Å². The summed E-state index contributed by atoms with van der Waals surface area (Å²) in [6, 6.07) is 9.67. The Labute approximate surface area is 196 Å². The monoisotopic (exact) mass is 461 g/mol. The molecule has 34 heavy (non-hydrogen) atoms. The van der Waals surface area contributed by atoms with Gasteiger partial charge in [0.25, 0.3) is 0 Å². The second kappa shape index (κ2) is 9.30. The molecule has 0 atom stereocenters. The summed E-state index contributed by atoms with van der Waals surface area (Å²) in [5.74, 6) is -0.114. The fraction of sp³-hybridized carbons (Fsp3) is 0.200. The summed E-state index contributed by atoms with van der Waals surface area (Å²) in [6.45, 7) is 4.98. The van der Waals surface area contributed by atoms with Crippen LogP contribution in [0.1, 0.15) is 23.6 Å². The lowest BCUT2D eigenvalue weighted by Gasteiger charge is -2.23. The zero-order valence-corrected chi connectivity index (χ0v) is 19.3. The number of aryl methyl sites for hydroxylation is 2. The number of aromatic nitrogens is 3. The number of carbonyl (C=O) groups is 2. The zero-order chi connectivity index (χ0) is 24.4. The Balaban J connectivity index is 1.63. The van der Waals surface area contributed by atoms with Crippen LogP contribution >= 0.6 is 0 Å². The van der Waals surface area contributed by atoms with Gasteiger partial charge >= 0.3 is 0 Å². The van der Waals surface area contributed by atoms with Crippen LogP contribution in [-0.4, -0.2) is 33.5 Å². The molecule has 0 aliphatic carbocycles. The first-order valence-corrected chi connectivity index (χ1v) is 10.6. The van der Waals surface area contributed by atoms with E-state index in [4.69, 9.17) is 4.74 Å². The van der Waals surface area contributed by atoms with Gasteiger partial charge in [-0.2, -0.15) is 5.10 Å². The smallest absolute Gasteiger partial charge is 0.229 e. The first-order chi connectivity index (χ1) is 16.3. The molecule has 174 valence electrons. The largest absolute Gasteiger partial charge is 0.493 e. The number of hydrogen-bond donors (Lipinski definition) is 1. The molecule has 8 nitrogen and oxygen atoms in total. The van der Waals surface area contributed by atoms with E-state index in [0.29, 0.717) is 34.1 Å². The van der Waals surface area contributed by atoms with Gasteiger partial charge in [0.15, 0.2) is 5.75 Å². The number of methoxy groups -OCH3 is 1. The van der Waals surface area contributed by atoms with Gasteiger partial charge in [-0.25, -0.2) is 13.9 Å². The van der Waals surface area contributed by atoms with Crippen molar-refractivity contribution in [2.75, 3.05) is 17.3 Å². The topological polar surface area (TPSA) is 88.8 Å². The van der Waals surface area contributed by atoms with Crippen LogP contribution in [0.5, 0.6) is 5.75 Å². The third-order valence-electron chi connectivity index (χ3n) is 5.51. The summed E-state index contributed by atoms with van der Waals surface area (Å²) in [4.78, 5) is 31.1. The zero-order valence-electron chi connectivity index (χ0n) is 19.3. The lowest BCUT2D eigenvalue weighted by molar-refractivity contribution is -0.116. The standard InChI is InChI=1S/C25H24FN5O3/c1-15-9-18(26)10-16(2)21(15)13-25(33)29-19-5-7-27-24(11-19)31(17(3)32)22-12-20-6-8-28-30(20)14-23(22)34-4/h5-12,14H,13H2,1-4H3,(H,27,29,33). The summed E-state index contributed by atoms with van der Waals surface area (Å²) in [7, 11) is 1.51. The number of benzene rings is 1. The van der Waals surface area contributed by atoms with Crippen molar-refractivity contribution in [2.45, 2.75) is 27.2 Å². The summed E-state index contributed by atoms with van der Waals surface area (Å²) >= 11 is 0. The molecule has 0 spiro atoms. The number of carbonyl (C=O) groups excluding carboxylic acids is 2. The van der Waals surface area contributed by atoms with E-state index in [1.54, 1.807) is 49.0 Å². The van der Waals surface area contributed by atoms with Gasteiger partial charge in [0.05, 0.1) is 30.9 Å². The van der Waals surface area contributed by atoms with Gasteiger partial charge < -0.3 is 10.1 Å². The van der Waals surface area contributed by atoms with E-state index in [0.717, 1.165) is 11.1 Å². The Morgan fingerprint density at radius 3 is 2.53 bits per heavy atom. The van der Waals surface area contributed by atoms with Crippen LogP contribution in [0.25, 0.3) is 5.52 Å². The van der Waals surface area contributed by atoms with Crippen LogP contribution in [0.4, 0.5) is 21.6 Å². The van der Waals surface area contributed by atoms with E-state index in [1.165, 1.54) is 37.3 Å². The first-order valence-electron chi connectivity index (χ1n) is 10.6. The fourth-order valence-corrected chi connectivity index (χ4v) is 3.93. The van der Waals surface area contributed by atoms with Crippen LogP contribution in [0.3, 0.4) is 0 Å². The molecular weight excluding hydrogens is 437 g/mol.